The van der Waals surface area contributed by atoms with Crippen molar-refractivity contribution in [3.8, 4) is 0 Å². The molecule has 3 aromatic heterocycles. The van der Waals surface area contributed by atoms with Crippen molar-refractivity contribution in [1.29, 1.82) is 0 Å². The lowest BCUT2D eigenvalue weighted by atomic mass is 10.3. The first-order valence-electron chi connectivity index (χ1n) is 5.25. The molecule has 0 fully saturated rings. The van der Waals surface area contributed by atoms with Gasteiger partial charge in [-0.15, -0.1) is 0 Å². The Labute approximate surface area is 110 Å². The lowest BCUT2D eigenvalue weighted by Gasteiger charge is -1.92. The van der Waals surface area contributed by atoms with Crippen molar-refractivity contribution >= 4 is 50.8 Å². The molecular formula is C12H7IN4. The van der Waals surface area contributed by atoms with Crippen LogP contribution in [0, 0.1) is 0 Å². The van der Waals surface area contributed by atoms with Gasteiger partial charge in [-0.1, -0.05) is 12.1 Å². The van der Waals surface area contributed by atoms with Gasteiger partial charge in [-0.2, -0.15) is 0 Å². The minimum atomic E-state index is 0.917. The highest BCUT2D eigenvalue weighted by Gasteiger charge is 2.14. The maximum atomic E-state index is 4.63. The van der Waals surface area contributed by atoms with Crippen LogP contribution in [0.4, 0.5) is 0 Å². The predicted molar refractivity (Wildman–Crippen MR) is 75.4 cm³/mol. The summed E-state index contributed by atoms with van der Waals surface area (Å²) in [6.45, 7) is 0. The van der Waals surface area contributed by atoms with Crippen molar-refractivity contribution < 1.29 is 0 Å². The van der Waals surface area contributed by atoms with Crippen LogP contribution in [0.15, 0.2) is 42.6 Å². The smallest absolute Gasteiger partial charge is 0.226 e. The molecule has 4 rings (SSSR count). The van der Waals surface area contributed by atoms with Crippen molar-refractivity contribution in [2.45, 2.75) is 0 Å². The molecule has 0 unspecified atom stereocenters. The highest BCUT2D eigenvalue weighted by atomic mass is 127. The van der Waals surface area contributed by atoms with Gasteiger partial charge in [-0.25, -0.2) is 12.7 Å². The molecule has 0 radical (unpaired) electrons. The van der Waals surface area contributed by atoms with Crippen LogP contribution >= 0.6 is 22.9 Å². The van der Waals surface area contributed by atoms with Crippen LogP contribution in [0.3, 0.4) is 0 Å². The molecule has 0 saturated heterocycles. The molecule has 4 nitrogen and oxygen atoms in total. The minimum absolute atomic E-state index is 0.917. The van der Waals surface area contributed by atoms with Crippen LogP contribution < -0.4 is 0 Å². The zero-order chi connectivity index (χ0) is 11.4. The number of nitrogens with zero attached hydrogens (tertiary/aromatic N) is 4. The summed E-state index contributed by atoms with van der Waals surface area (Å²) in [5, 5.41) is 0. The third-order valence-corrected chi connectivity index (χ3v) is 3.86. The van der Waals surface area contributed by atoms with Crippen LogP contribution in [-0.2, 0) is 0 Å². The third-order valence-electron chi connectivity index (χ3n) is 2.91. The van der Waals surface area contributed by atoms with Gasteiger partial charge in [0.05, 0.1) is 39.4 Å². The van der Waals surface area contributed by atoms with Gasteiger partial charge in [0.15, 0.2) is 5.65 Å². The molecule has 0 saturated carbocycles. The Kier molecular flexibility index (Phi) is 1.77. The quantitative estimate of drug-likeness (QED) is 0.464. The second-order valence-corrected chi connectivity index (χ2v) is 4.83. The van der Waals surface area contributed by atoms with Gasteiger partial charge in [0.2, 0.25) is 5.78 Å². The molecular weight excluding hydrogens is 327 g/mol. The van der Waals surface area contributed by atoms with Gasteiger partial charge in [0, 0.05) is 6.20 Å². The van der Waals surface area contributed by atoms with E-state index in [1.165, 1.54) is 0 Å². The van der Waals surface area contributed by atoms with E-state index < -0.39 is 0 Å². The van der Waals surface area contributed by atoms with E-state index in [9.17, 15) is 0 Å². The Morgan fingerprint density at radius 2 is 1.82 bits per heavy atom. The molecule has 0 aliphatic heterocycles. The average Bonchev–Trinajstić information content (AvgIpc) is 2.88. The predicted octanol–water partition coefficient (Wildman–Crippen LogP) is 3.04. The van der Waals surface area contributed by atoms with Crippen LogP contribution in [-0.4, -0.2) is 17.1 Å². The number of halogens is 1. The molecule has 0 bridgehead atoms. The normalized spacial score (nSPS) is 11.8. The molecule has 5 heteroatoms. The number of pyridine rings is 1. The minimum Gasteiger partial charge on any atom is -0.260 e. The number of imidazole rings is 2. The van der Waals surface area contributed by atoms with E-state index in [1.54, 1.807) is 0 Å². The molecule has 0 spiro atoms. The number of rotatable bonds is 0. The number of fused-ring (bicyclic) bond motifs is 5. The highest BCUT2D eigenvalue weighted by Crippen LogP contribution is 2.25. The molecule has 17 heavy (non-hydrogen) atoms. The van der Waals surface area contributed by atoms with Crippen molar-refractivity contribution in [1.82, 2.24) is 17.1 Å². The Morgan fingerprint density at radius 1 is 1.00 bits per heavy atom. The Bertz CT molecular complexity index is 859. The van der Waals surface area contributed by atoms with E-state index in [0.29, 0.717) is 0 Å². The van der Waals surface area contributed by atoms with Crippen LogP contribution in [0.1, 0.15) is 0 Å². The summed E-state index contributed by atoms with van der Waals surface area (Å²) in [6, 6.07) is 12.1. The first-order valence-corrected chi connectivity index (χ1v) is 6.21. The number of hydrogen-bond acceptors (Lipinski definition) is 2. The molecule has 3 heterocycles. The zero-order valence-corrected chi connectivity index (χ0v) is 10.9. The first-order chi connectivity index (χ1) is 8.36. The van der Waals surface area contributed by atoms with Crippen LogP contribution in [0.5, 0.6) is 0 Å². The van der Waals surface area contributed by atoms with Gasteiger partial charge in [0.25, 0.3) is 0 Å². The second-order valence-electron chi connectivity index (χ2n) is 3.86. The molecule has 82 valence electrons. The standard InChI is InChI=1S/C12H7IN4/c13-17-10-6-3-7-14-11(10)16-9-5-2-1-4-8(9)15-12(16)17/h1-7H. The van der Waals surface area contributed by atoms with E-state index in [4.69, 9.17) is 0 Å². The lowest BCUT2D eigenvalue weighted by molar-refractivity contribution is 1.23. The fraction of sp³-hybridized carbons (Fsp3) is 0. The van der Waals surface area contributed by atoms with E-state index in [2.05, 4.69) is 49.4 Å². The molecule has 1 aromatic carbocycles. The monoisotopic (exact) mass is 334 g/mol. The molecule has 0 aliphatic rings. The van der Waals surface area contributed by atoms with Gasteiger partial charge >= 0.3 is 0 Å². The molecule has 4 aromatic rings. The first kappa shape index (κ1) is 9.41. The summed E-state index contributed by atoms with van der Waals surface area (Å²) < 4.78 is 4.14. The van der Waals surface area contributed by atoms with E-state index in [1.807, 2.05) is 33.2 Å². The number of aromatic nitrogens is 4. The second kappa shape index (κ2) is 3.19. The largest absolute Gasteiger partial charge is 0.260 e. The lowest BCUT2D eigenvalue weighted by Crippen LogP contribution is -1.82. The summed E-state index contributed by atoms with van der Waals surface area (Å²) in [5.41, 5.74) is 4.13. The SMILES string of the molecule is In1c2cccnc2n2c3ccccc3nc12. The van der Waals surface area contributed by atoms with Crippen molar-refractivity contribution in [3.05, 3.63) is 42.6 Å². The molecule has 0 aliphatic carbocycles. The summed E-state index contributed by atoms with van der Waals surface area (Å²) >= 11 is 2.26. The molecule has 0 N–H and O–H groups in total. The Balaban J connectivity index is 2.41. The van der Waals surface area contributed by atoms with E-state index in [-0.39, 0.29) is 0 Å². The summed E-state index contributed by atoms with van der Waals surface area (Å²) in [5.74, 6) is 0.917. The number of benzene rings is 1. The van der Waals surface area contributed by atoms with Gasteiger partial charge < -0.3 is 0 Å². The molecule has 0 atom stereocenters. The topological polar surface area (TPSA) is 35.1 Å². The number of para-hydroxylation sites is 2. The van der Waals surface area contributed by atoms with Crippen LogP contribution in [0.25, 0.3) is 28.0 Å². The number of hydrogen-bond donors (Lipinski definition) is 0. The summed E-state index contributed by atoms with van der Waals surface area (Å²) in [4.78, 5) is 9.08. The summed E-state index contributed by atoms with van der Waals surface area (Å²) in [6.07, 6.45) is 1.81. The molecule has 0 amide bonds. The Morgan fingerprint density at radius 3 is 2.76 bits per heavy atom. The Hall–Kier alpha value is -1.63. The fourth-order valence-corrected chi connectivity index (χ4v) is 2.88. The van der Waals surface area contributed by atoms with E-state index in [0.717, 1.165) is 28.0 Å². The summed E-state index contributed by atoms with van der Waals surface area (Å²) in [7, 11) is 0. The van der Waals surface area contributed by atoms with Gasteiger partial charge in [-0.05, 0) is 24.3 Å². The van der Waals surface area contributed by atoms with E-state index >= 15 is 0 Å². The average molecular weight is 334 g/mol. The maximum absolute atomic E-state index is 4.63. The highest BCUT2D eigenvalue weighted by molar-refractivity contribution is 14.1. The van der Waals surface area contributed by atoms with Crippen molar-refractivity contribution in [2.24, 2.45) is 0 Å². The third kappa shape index (κ3) is 1.12. The maximum Gasteiger partial charge on any atom is 0.226 e. The van der Waals surface area contributed by atoms with Crippen molar-refractivity contribution in [3.63, 3.8) is 0 Å². The van der Waals surface area contributed by atoms with Gasteiger partial charge in [0.1, 0.15) is 0 Å². The van der Waals surface area contributed by atoms with Gasteiger partial charge in [-0.3, -0.25) is 4.40 Å². The fourth-order valence-electron chi connectivity index (χ4n) is 2.18. The van der Waals surface area contributed by atoms with Crippen LogP contribution in [0.2, 0.25) is 0 Å². The zero-order valence-electron chi connectivity index (χ0n) is 8.71. The van der Waals surface area contributed by atoms with Crippen molar-refractivity contribution in [2.75, 3.05) is 0 Å².